The zero-order valence-electron chi connectivity index (χ0n) is 17.6. The molecule has 0 saturated heterocycles. The number of carbonyl (C=O) groups excluding carboxylic acids is 1. The zero-order valence-corrected chi connectivity index (χ0v) is 18.4. The van der Waals surface area contributed by atoms with Crippen molar-refractivity contribution < 1.29 is 9.32 Å². The Morgan fingerprint density at radius 2 is 1.78 bits per heavy atom. The molecule has 0 radical (unpaired) electrons. The summed E-state index contributed by atoms with van der Waals surface area (Å²) in [5.74, 6) is 0.936. The molecule has 160 valence electrons. The van der Waals surface area contributed by atoms with Gasteiger partial charge >= 0.3 is 6.03 Å². The lowest BCUT2D eigenvalue weighted by Gasteiger charge is -2.35. The summed E-state index contributed by atoms with van der Waals surface area (Å²) in [6.07, 6.45) is 0.783. The Labute approximate surface area is 190 Å². The summed E-state index contributed by atoms with van der Waals surface area (Å²) >= 11 is 1.69. The van der Waals surface area contributed by atoms with Crippen molar-refractivity contribution in [1.29, 1.82) is 0 Å². The van der Waals surface area contributed by atoms with E-state index in [4.69, 9.17) is 4.52 Å². The lowest BCUT2D eigenvalue weighted by atomic mass is 9.94. The molecule has 7 heteroatoms. The van der Waals surface area contributed by atoms with Crippen molar-refractivity contribution in [2.24, 2.45) is 0 Å². The van der Waals surface area contributed by atoms with Gasteiger partial charge in [0.15, 0.2) is 0 Å². The smallest absolute Gasteiger partial charge is 0.322 e. The molecule has 1 aliphatic rings. The molecule has 1 N–H and O–H groups in total. The average Bonchev–Trinajstić information content (AvgIpc) is 3.52. The molecule has 0 saturated carbocycles. The molecule has 0 fully saturated rings. The number of allylic oxidation sites excluding steroid dienone is 1. The van der Waals surface area contributed by atoms with Crippen LogP contribution < -0.4 is 5.32 Å². The van der Waals surface area contributed by atoms with E-state index in [9.17, 15) is 4.79 Å². The van der Waals surface area contributed by atoms with Crippen molar-refractivity contribution in [3.63, 3.8) is 0 Å². The van der Waals surface area contributed by atoms with Gasteiger partial charge in [-0.15, -0.1) is 11.3 Å². The number of hydrogen-bond acceptors (Lipinski definition) is 5. The van der Waals surface area contributed by atoms with Crippen LogP contribution in [0.1, 0.15) is 29.3 Å². The molecule has 5 rings (SSSR count). The lowest BCUT2D eigenvalue weighted by Crippen LogP contribution is -2.46. The molecule has 0 bridgehead atoms. The molecule has 2 amide bonds. The SMILES string of the molecule is CC1=C(c2nc(-c3ccccc3)no2)C(c2ccccc2)NC(=O)N1CCc1cccs1. The molecule has 6 nitrogen and oxygen atoms in total. The van der Waals surface area contributed by atoms with Crippen molar-refractivity contribution in [2.75, 3.05) is 6.54 Å². The number of nitrogens with one attached hydrogen (secondary N) is 1. The third kappa shape index (κ3) is 3.94. The Balaban J connectivity index is 1.55. The van der Waals surface area contributed by atoms with Crippen molar-refractivity contribution in [2.45, 2.75) is 19.4 Å². The topological polar surface area (TPSA) is 71.3 Å². The van der Waals surface area contributed by atoms with Gasteiger partial charge < -0.3 is 9.84 Å². The molecule has 0 spiro atoms. The van der Waals surface area contributed by atoms with Gasteiger partial charge in [0.2, 0.25) is 5.82 Å². The fourth-order valence-electron chi connectivity index (χ4n) is 3.94. The van der Waals surface area contributed by atoms with Gasteiger partial charge in [0.25, 0.3) is 5.89 Å². The number of hydrogen-bond donors (Lipinski definition) is 1. The molecule has 1 atom stereocenters. The van der Waals surface area contributed by atoms with Crippen LogP contribution in [0.5, 0.6) is 0 Å². The van der Waals surface area contributed by atoms with Gasteiger partial charge in [0, 0.05) is 22.7 Å². The maximum absolute atomic E-state index is 13.1. The third-order valence-corrected chi connectivity index (χ3v) is 6.52. The second-order valence-corrected chi connectivity index (χ2v) is 8.59. The Morgan fingerprint density at radius 1 is 1.03 bits per heavy atom. The third-order valence-electron chi connectivity index (χ3n) is 5.58. The van der Waals surface area contributed by atoms with Crippen LogP contribution in [0.25, 0.3) is 17.0 Å². The summed E-state index contributed by atoms with van der Waals surface area (Å²) in [5.41, 5.74) is 3.48. The zero-order chi connectivity index (χ0) is 21.9. The van der Waals surface area contributed by atoms with E-state index in [2.05, 4.69) is 26.9 Å². The van der Waals surface area contributed by atoms with Crippen LogP contribution in [-0.2, 0) is 6.42 Å². The first kappa shape index (κ1) is 20.2. The second kappa shape index (κ2) is 8.80. The van der Waals surface area contributed by atoms with Gasteiger partial charge in [-0.05, 0) is 30.4 Å². The summed E-state index contributed by atoms with van der Waals surface area (Å²) in [5, 5.41) is 9.40. The first-order valence-corrected chi connectivity index (χ1v) is 11.3. The van der Waals surface area contributed by atoms with E-state index in [-0.39, 0.29) is 12.1 Å². The van der Waals surface area contributed by atoms with E-state index in [1.807, 2.05) is 73.7 Å². The van der Waals surface area contributed by atoms with Crippen molar-refractivity contribution >= 4 is 22.9 Å². The highest BCUT2D eigenvalue weighted by Crippen LogP contribution is 2.37. The highest BCUT2D eigenvalue weighted by atomic mass is 32.1. The van der Waals surface area contributed by atoms with Crippen molar-refractivity contribution in [3.05, 3.63) is 100 Å². The minimum absolute atomic E-state index is 0.126. The number of urea groups is 1. The predicted octanol–water partition coefficient (Wildman–Crippen LogP) is 5.54. The highest BCUT2D eigenvalue weighted by molar-refractivity contribution is 7.09. The monoisotopic (exact) mass is 442 g/mol. The number of thiophene rings is 1. The Kier molecular flexibility index (Phi) is 5.56. The minimum atomic E-state index is -0.370. The summed E-state index contributed by atoms with van der Waals surface area (Å²) in [4.78, 5) is 20.8. The van der Waals surface area contributed by atoms with Gasteiger partial charge in [-0.1, -0.05) is 71.9 Å². The Hall–Kier alpha value is -3.71. The number of amides is 2. The highest BCUT2D eigenvalue weighted by Gasteiger charge is 2.35. The van der Waals surface area contributed by atoms with Gasteiger partial charge in [-0.25, -0.2) is 4.79 Å². The maximum Gasteiger partial charge on any atom is 0.322 e. The first-order chi connectivity index (χ1) is 15.7. The van der Waals surface area contributed by atoms with Crippen LogP contribution in [0.3, 0.4) is 0 Å². The Morgan fingerprint density at radius 3 is 2.50 bits per heavy atom. The molecule has 3 heterocycles. The molecule has 1 aliphatic heterocycles. The fourth-order valence-corrected chi connectivity index (χ4v) is 4.64. The fraction of sp³-hybridized carbons (Fsp3) is 0.160. The van der Waals surface area contributed by atoms with Crippen LogP contribution in [0, 0.1) is 0 Å². The van der Waals surface area contributed by atoms with E-state index in [1.54, 1.807) is 16.2 Å². The van der Waals surface area contributed by atoms with Crippen LogP contribution in [-0.4, -0.2) is 27.6 Å². The molecule has 1 unspecified atom stereocenters. The summed E-state index contributed by atoms with van der Waals surface area (Å²) in [7, 11) is 0. The summed E-state index contributed by atoms with van der Waals surface area (Å²) in [6.45, 7) is 2.52. The van der Waals surface area contributed by atoms with E-state index >= 15 is 0 Å². The standard InChI is InChI=1S/C25H22N4O2S/c1-17-21(24-27-23(28-31-24)19-11-6-3-7-12-19)22(18-9-4-2-5-10-18)26-25(30)29(17)15-14-20-13-8-16-32-20/h2-13,16,22H,14-15H2,1H3,(H,26,30). The van der Waals surface area contributed by atoms with Gasteiger partial charge in [0.1, 0.15) is 0 Å². The molecule has 2 aromatic heterocycles. The molecule has 2 aromatic carbocycles. The predicted molar refractivity (Wildman–Crippen MR) is 125 cm³/mol. The summed E-state index contributed by atoms with van der Waals surface area (Å²) < 4.78 is 5.72. The molecular formula is C25H22N4O2S. The van der Waals surface area contributed by atoms with Gasteiger partial charge in [0.05, 0.1) is 11.6 Å². The molecule has 32 heavy (non-hydrogen) atoms. The van der Waals surface area contributed by atoms with Crippen LogP contribution in [0.15, 0.2) is 88.4 Å². The first-order valence-electron chi connectivity index (χ1n) is 10.5. The van der Waals surface area contributed by atoms with Gasteiger partial charge in [-0.2, -0.15) is 4.98 Å². The van der Waals surface area contributed by atoms with Crippen LogP contribution in [0.4, 0.5) is 4.79 Å². The lowest BCUT2D eigenvalue weighted by molar-refractivity contribution is 0.205. The summed E-state index contributed by atoms with van der Waals surface area (Å²) in [6, 6.07) is 23.2. The number of benzene rings is 2. The Bertz CT molecular complexity index is 1230. The van der Waals surface area contributed by atoms with E-state index in [0.717, 1.165) is 28.8 Å². The largest absolute Gasteiger partial charge is 0.334 e. The average molecular weight is 443 g/mol. The molecular weight excluding hydrogens is 420 g/mol. The van der Waals surface area contributed by atoms with E-state index in [0.29, 0.717) is 18.3 Å². The number of rotatable bonds is 6. The minimum Gasteiger partial charge on any atom is -0.334 e. The number of nitrogens with zero attached hydrogens (tertiary/aromatic N) is 3. The van der Waals surface area contributed by atoms with E-state index < -0.39 is 0 Å². The van der Waals surface area contributed by atoms with Gasteiger partial charge in [-0.3, -0.25) is 4.90 Å². The van der Waals surface area contributed by atoms with Crippen molar-refractivity contribution in [1.82, 2.24) is 20.4 Å². The quantitative estimate of drug-likeness (QED) is 0.426. The maximum atomic E-state index is 13.1. The van der Waals surface area contributed by atoms with Crippen LogP contribution >= 0.6 is 11.3 Å². The second-order valence-electron chi connectivity index (χ2n) is 7.56. The number of aromatic nitrogens is 2. The van der Waals surface area contributed by atoms with Crippen LogP contribution in [0.2, 0.25) is 0 Å². The van der Waals surface area contributed by atoms with Crippen molar-refractivity contribution in [3.8, 4) is 11.4 Å². The molecule has 0 aliphatic carbocycles. The van der Waals surface area contributed by atoms with E-state index in [1.165, 1.54) is 4.88 Å². The molecule has 4 aromatic rings. The normalized spacial score (nSPS) is 16.3. The number of carbonyl (C=O) groups is 1.